The summed E-state index contributed by atoms with van der Waals surface area (Å²) in [6.45, 7) is 0.480. The number of hydrogen-bond donors (Lipinski definition) is 3. The Balaban J connectivity index is 4.01. The number of rotatable bonds is 4. The highest BCUT2D eigenvalue weighted by molar-refractivity contribution is 5.85. The maximum absolute atomic E-state index is 11.7. The number of alkyl halides is 3. The maximum atomic E-state index is 11.7. The van der Waals surface area contributed by atoms with Crippen molar-refractivity contribution in [2.24, 2.45) is 10.9 Å². The predicted octanol–water partition coefficient (Wildman–Crippen LogP) is 0.663. The van der Waals surface area contributed by atoms with E-state index in [4.69, 9.17) is 10.9 Å². The quantitative estimate of drug-likeness (QED) is 0.269. The van der Waals surface area contributed by atoms with Crippen LogP contribution in [-0.4, -0.2) is 29.8 Å². The fraction of sp³-hybridized carbons (Fsp3) is 0.833. The van der Waals surface area contributed by atoms with E-state index in [0.29, 0.717) is 6.42 Å². The number of oxime groups is 1. The van der Waals surface area contributed by atoms with Crippen LogP contribution in [0.25, 0.3) is 0 Å². The number of nitrogens with one attached hydrogen (secondary N) is 1. The van der Waals surface area contributed by atoms with Crippen molar-refractivity contribution in [2.45, 2.75) is 25.6 Å². The third kappa shape index (κ3) is 5.29. The SMILES string of the molecule is CCC(NCC(F)(F)F)C(N)=NO. The van der Waals surface area contributed by atoms with Gasteiger partial charge in [-0.25, -0.2) is 0 Å². The van der Waals surface area contributed by atoms with Crippen molar-refractivity contribution in [2.75, 3.05) is 6.54 Å². The Labute approximate surface area is 73.6 Å². The second kappa shape index (κ2) is 4.90. The zero-order chi connectivity index (χ0) is 10.5. The van der Waals surface area contributed by atoms with Crippen LogP contribution in [0, 0.1) is 0 Å². The monoisotopic (exact) mass is 199 g/mol. The lowest BCUT2D eigenvalue weighted by atomic mass is 10.2. The van der Waals surface area contributed by atoms with Crippen molar-refractivity contribution in [3.8, 4) is 0 Å². The van der Waals surface area contributed by atoms with Gasteiger partial charge in [-0.3, -0.25) is 5.32 Å². The summed E-state index contributed by atoms with van der Waals surface area (Å²) in [7, 11) is 0. The van der Waals surface area contributed by atoms with E-state index < -0.39 is 18.8 Å². The zero-order valence-electron chi connectivity index (χ0n) is 7.10. The molecule has 13 heavy (non-hydrogen) atoms. The lowest BCUT2D eigenvalue weighted by Crippen LogP contribution is -2.44. The fourth-order valence-corrected chi connectivity index (χ4v) is 0.767. The number of nitrogens with two attached hydrogens (primary N) is 1. The lowest BCUT2D eigenvalue weighted by molar-refractivity contribution is -0.125. The molecule has 0 radical (unpaired) electrons. The molecule has 0 saturated heterocycles. The molecule has 1 unspecified atom stereocenters. The predicted molar refractivity (Wildman–Crippen MR) is 41.5 cm³/mol. The van der Waals surface area contributed by atoms with E-state index in [1.807, 2.05) is 0 Å². The highest BCUT2D eigenvalue weighted by Gasteiger charge is 2.28. The van der Waals surface area contributed by atoms with Crippen LogP contribution in [0.15, 0.2) is 5.16 Å². The minimum atomic E-state index is -4.29. The smallest absolute Gasteiger partial charge is 0.401 e. The zero-order valence-corrected chi connectivity index (χ0v) is 7.10. The summed E-state index contributed by atoms with van der Waals surface area (Å²) >= 11 is 0. The van der Waals surface area contributed by atoms with E-state index >= 15 is 0 Å². The molecule has 0 amide bonds. The van der Waals surface area contributed by atoms with Crippen LogP contribution in [0.5, 0.6) is 0 Å². The first-order valence-corrected chi connectivity index (χ1v) is 3.68. The molecule has 0 bridgehead atoms. The average molecular weight is 199 g/mol. The van der Waals surface area contributed by atoms with Gasteiger partial charge in [0.1, 0.15) is 0 Å². The molecule has 0 saturated carbocycles. The maximum Gasteiger partial charge on any atom is 0.401 e. The van der Waals surface area contributed by atoms with Crippen LogP contribution >= 0.6 is 0 Å². The van der Waals surface area contributed by atoms with Gasteiger partial charge in [0, 0.05) is 0 Å². The molecule has 0 aromatic carbocycles. The van der Waals surface area contributed by atoms with Crippen LogP contribution in [0.2, 0.25) is 0 Å². The third-order valence-electron chi connectivity index (χ3n) is 1.43. The minimum Gasteiger partial charge on any atom is -0.409 e. The third-order valence-corrected chi connectivity index (χ3v) is 1.43. The van der Waals surface area contributed by atoms with Gasteiger partial charge in [-0.05, 0) is 6.42 Å². The van der Waals surface area contributed by atoms with Gasteiger partial charge in [-0.15, -0.1) is 0 Å². The Hall–Kier alpha value is -0.980. The molecule has 0 aliphatic heterocycles. The molecular formula is C6H12F3N3O. The number of nitrogens with zero attached hydrogens (tertiary/aromatic N) is 1. The van der Waals surface area contributed by atoms with Gasteiger partial charge >= 0.3 is 6.18 Å². The number of halogens is 3. The molecule has 1 atom stereocenters. The summed E-state index contributed by atoms with van der Waals surface area (Å²) in [5.41, 5.74) is 5.13. The number of amidine groups is 1. The Bertz CT molecular complexity index is 180. The highest BCUT2D eigenvalue weighted by Crippen LogP contribution is 2.12. The van der Waals surface area contributed by atoms with Gasteiger partial charge < -0.3 is 10.9 Å². The fourth-order valence-electron chi connectivity index (χ4n) is 0.767. The first-order chi connectivity index (χ1) is 5.90. The van der Waals surface area contributed by atoms with E-state index in [-0.39, 0.29) is 5.84 Å². The van der Waals surface area contributed by atoms with Gasteiger partial charge in [0.2, 0.25) is 0 Å². The molecule has 7 heteroatoms. The van der Waals surface area contributed by atoms with Crippen molar-refractivity contribution < 1.29 is 18.4 Å². The van der Waals surface area contributed by atoms with Crippen LogP contribution < -0.4 is 11.1 Å². The molecule has 0 aliphatic carbocycles. The van der Waals surface area contributed by atoms with Gasteiger partial charge in [0.25, 0.3) is 0 Å². The molecule has 0 aliphatic rings. The Morgan fingerprint density at radius 1 is 1.62 bits per heavy atom. The van der Waals surface area contributed by atoms with Crippen molar-refractivity contribution in [3.05, 3.63) is 0 Å². The normalized spacial score (nSPS) is 15.8. The molecule has 0 heterocycles. The minimum absolute atomic E-state index is 0.244. The van der Waals surface area contributed by atoms with Crippen molar-refractivity contribution >= 4 is 5.84 Å². The molecule has 78 valence electrons. The van der Waals surface area contributed by atoms with E-state index in [9.17, 15) is 13.2 Å². The van der Waals surface area contributed by atoms with E-state index in [0.717, 1.165) is 0 Å². The van der Waals surface area contributed by atoms with Crippen LogP contribution in [0.3, 0.4) is 0 Å². The molecular weight excluding hydrogens is 187 g/mol. The standard InChI is InChI=1S/C6H12F3N3O/c1-2-4(5(10)12-13)11-3-6(7,8)9/h4,11,13H,2-3H2,1H3,(H2,10,12). The summed E-state index contributed by atoms with van der Waals surface area (Å²) in [5.74, 6) is -0.244. The van der Waals surface area contributed by atoms with Crippen LogP contribution in [0.4, 0.5) is 13.2 Å². The largest absolute Gasteiger partial charge is 0.409 e. The molecule has 4 N–H and O–H groups in total. The topological polar surface area (TPSA) is 70.6 Å². The van der Waals surface area contributed by atoms with E-state index in [2.05, 4.69) is 10.5 Å². The van der Waals surface area contributed by atoms with Crippen LogP contribution in [-0.2, 0) is 0 Å². The average Bonchev–Trinajstić information content (AvgIpc) is 2.03. The van der Waals surface area contributed by atoms with E-state index in [1.54, 1.807) is 6.92 Å². The first kappa shape index (κ1) is 12.0. The second-order valence-corrected chi connectivity index (χ2v) is 2.48. The summed E-state index contributed by atoms with van der Waals surface area (Å²) in [6.07, 6.45) is -3.96. The summed E-state index contributed by atoms with van der Waals surface area (Å²) in [6, 6.07) is -0.744. The Kier molecular flexibility index (Phi) is 4.53. The summed E-state index contributed by atoms with van der Waals surface area (Å²) in [4.78, 5) is 0. The number of hydrogen-bond acceptors (Lipinski definition) is 3. The second-order valence-electron chi connectivity index (χ2n) is 2.48. The summed E-state index contributed by atoms with van der Waals surface area (Å²) < 4.78 is 35.1. The van der Waals surface area contributed by atoms with Gasteiger partial charge in [0.05, 0.1) is 12.6 Å². The Morgan fingerprint density at radius 2 is 2.15 bits per heavy atom. The molecule has 0 aromatic heterocycles. The Morgan fingerprint density at radius 3 is 2.46 bits per heavy atom. The van der Waals surface area contributed by atoms with Gasteiger partial charge in [0.15, 0.2) is 5.84 Å². The highest BCUT2D eigenvalue weighted by atomic mass is 19.4. The van der Waals surface area contributed by atoms with Crippen molar-refractivity contribution in [3.63, 3.8) is 0 Å². The van der Waals surface area contributed by atoms with Crippen LogP contribution in [0.1, 0.15) is 13.3 Å². The lowest BCUT2D eigenvalue weighted by Gasteiger charge is -2.16. The van der Waals surface area contributed by atoms with Gasteiger partial charge in [-0.1, -0.05) is 12.1 Å². The molecule has 0 rings (SSSR count). The molecule has 0 fully saturated rings. The molecule has 0 aromatic rings. The van der Waals surface area contributed by atoms with Crippen molar-refractivity contribution in [1.29, 1.82) is 0 Å². The first-order valence-electron chi connectivity index (χ1n) is 3.68. The summed E-state index contributed by atoms with van der Waals surface area (Å²) in [5, 5.41) is 13.0. The van der Waals surface area contributed by atoms with Crippen molar-refractivity contribution in [1.82, 2.24) is 5.32 Å². The molecule has 4 nitrogen and oxygen atoms in total. The van der Waals surface area contributed by atoms with Gasteiger partial charge in [-0.2, -0.15) is 13.2 Å². The molecule has 0 spiro atoms. The van der Waals surface area contributed by atoms with E-state index in [1.165, 1.54) is 0 Å².